The van der Waals surface area contributed by atoms with Crippen molar-refractivity contribution in [3.05, 3.63) is 45.4 Å². The van der Waals surface area contributed by atoms with Gasteiger partial charge in [0.2, 0.25) is 11.6 Å². The highest BCUT2D eigenvalue weighted by atomic mass is 19.4. The second kappa shape index (κ2) is 8.86. The van der Waals surface area contributed by atoms with E-state index < -0.39 is 52.5 Å². The predicted octanol–water partition coefficient (Wildman–Crippen LogP) is 6.02. The lowest BCUT2D eigenvalue weighted by Gasteiger charge is -2.24. The lowest BCUT2D eigenvalue weighted by molar-refractivity contribution is -0.143. The number of alkyl halides is 9. The Kier molecular flexibility index (Phi) is 6.67. The molecule has 14 heteroatoms. The number of nitrogens with one attached hydrogen (secondary N) is 1. The molecule has 0 bridgehead atoms. The molecule has 5 nitrogen and oxygen atoms in total. The van der Waals surface area contributed by atoms with Crippen molar-refractivity contribution in [1.29, 1.82) is 0 Å². The minimum atomic E-state index is -5.18. The van der Waals surface area contributed by atoms with Crippen molar-refractivity contribution in [3.8, 4) is 0 Å². The molecule has 0 radical (unpaired) electrons. The van der Waals surface area contributed by atoms with E-state index in [1.807, 2.05) is 5.32 Å². The van der Waals surface area contributed by atoms with Gasteiger partial charge in [0.15, 0.2) is 0 Å². The summed E-state index contributed by atoms with van der Waals surface area (Å²) >= 11 is 0. The zero-order valence-corrected chi connectivity index (χ0v) is 16.7. The number of halogens is 9. The van der Waals surface area contributed by atoms with E-state index in [4.69, 9.17) is 0 Å². The first-order valence-corrected chi connectivity index (χ1v) is 9.78. The Balaban J connectivity index is 2.12. The van der Waals surface area contributed by atoms with Gasteiger partial charge in [0.1, 0.15) is 0 Å². The van der Waals surface area contributed by atoms with Crippen LogP contribution in [0.4, 0.5) is 51.1 Å². The highest BCUT2D eigenvalue weighted by Crippen LogP contribution is 2.40. The molecule has 33 heavy (non-hydrogen) atoms. The Bertz CT molecular complexity index is 1050. The summed E-state index contributed by atoms with van der Waals surface area (Å²) in [5.41, 5.74) is -7.59. The van der Waals surface area contributed by atoms with E-state index in [0.29, 0.717) is 17.4 Å². The van der Waals surface area contributed by atoms with Gasteiger partial charge in [0, 0.05) is 6.54 Å². The van der Waals surface area contributed by atoms with Gasteiger partial charge < -0.3 is 5.32 Å². The van der Waals surface area contributed by atoms with Crippen LogP contribution in [0, 0.1) is 5.92 Å². The van der Waals surface area contributed by atoms with Crippen LogP contribution in [0.25, 0.3) is 0 Å². The summed E-state index contributed by atoms with van der Waals surface area (Å²) in [5, 5.41) is 7.97. The van der Waals surface area contributed by atoms with E-state index in [-0.39, 0.29) is 30.7 Å². The van der Waals surface area contributed by atoms with Gasteiger partial charge >= 0.3 is 18.5 Å². The van der Waals surface area contributed by atoms with Crippen molar-refractivity contribution in [2.24, 2.45) is 5.92 Å². The first-order chi connectivity index (χ1) is 15.2. The van der Waals surface area contributed by atoms with Crippen LogP contribution in [-0.2, 0) is 25.1 Å². The quantitative estimate of drug-likeness (QED) is 0.535. The normalized spacial score (nSPS) is 16.2. The average molecular weight is 488 g/mol. The molecule has 1 saturated carbocycles. The van der Waals surface area contributed by atoms with Crippen molar-refractivity contribution in [3.63, 3.8) is 0 Å². The van der Waals surface area contributed by atoms with Crippen molar-refractivity contribution in [1.82, 2.24) is 14.8 Å². The fourth-order valence-electron chi connectivity index (χ4n) is 3.68. The molecule has 1 aromatic heterocycles. The van der Waals surface area contributed by atoms with Crippen LogP contribution in [0.3, 0.4) is 0 Å². The molecular weight excluding hydrogens is 471 g/mol. The molecule has 1 fully saturated rings. The molecule has 1 aliphatic carbocycles. The van der Waals surface area contributed by atoms with Gasteiger partial charge in [0.05, 0.1) is 16.8 Å². The van der Waals surface area contributed by atoms with Gasteiger partial charge in [-0.1, -0.05) is 19.3 Å². The molecule has 3 rings (SSSR count). The molecule has 1 heterocycles. The van der Waals surface area contributed by atoms with Crippen LogP contribution in [0.1, 0.15) is 48.9 Å². The Morgan fingerprint density at radius 2 is 1.52 bits per heavy atom. The molecule has 0 amide bonds. The first-order valence-electron chi connectivity index (χ1n) is 9.78. The number of benzene rings is 1. The van der Waals surface area contributed by atoms with E-state index in [1.165, 1.54) is 0 Å². The van der Waals surface area contributed by atoms with Crippen molar-refractivity contribution < 1.29 is 39.5 Å². The Hall–Kier alpha value is -2.80. The third-order valence-electron chi connectivity index (χ3n) is 5.28. The van der Waals surface area contributed by atoms with Crippen molar-refractivity contribution in [2.45, 2.75) is 57.2 Å². The molecule has 1 N–H and O–H groups in total. The third kappa shape index (κ3) is 5.77. The fourth-order valence-corrected chi connectivity index (χ4v) is 3.68. The SMILES string of the molecule is O=c1c(C(F)(F)F)nnc(Nc2cc(C(F)(F)F)ccc2C(F)(F)F)n1CC1CCCCC1. The van der Waals surface area contributed by atoms with Crippen molar-refractivity contribution >= 4 is 11.6 Å². The molecule has 0 unspecified atom stereocenters. The van der Waals surface area contributed by atoms with Crippen LogP contribution in [0.2, 0.25) is 0 Å². The second-order valence-corrected chi connectivity index (χ2v) is 7.67. The highest BCUT2D eigenvalue weighted by molar-refractivity contribution is 5.61. The number of rotatable bonds is 4. The first kappa shape index (κ1) is 24.8. The molecule has 0 aliphatic heterocycles. The highest BCUT2D eigenvalue weighted by Gasteiger charge is 2.40. The van der Waals surface area contributed by atoms with E-state index in [0.717, 1.165) is 19.3 Å². The summed E-state index contributed by atoms with van der Waals surface area (Å²) in [6.07, 6.45) is -11.8. The Labute approximate surface area is 180 Å². The number of anilines is 2. The number of aromatic nitrogens is 3. The van der Waals surface area contributed by atoms with E-state index >= 15 is 0 Å². The standard InChI is InChI=1S/C19H17F9N4O/c20-17(21,22)11-6-7-12(18(23,24)25)13(8-11)29-16-31-30-14(19(26,27)28)15(33)32(16)9-10-4-2-1-3-5-10/h6-8,10H,1-5,9H2,(H,29,31). The van der Waals surface area contributed by atoms with Gasteiger partial charge in [-0.05, 0) is 37.0 Å². The summed E-state index contributed by atoms with van der Waals surface area (Å²) < 4.78 is 119. The van der Waals surface area contributed by atoms with E-state index in [9.17, 15) is 44.3 Å². The lowest BCUT2D eigenvalue weighted by Crippen LogP contribution is -2.35. The van der Waals surface area contributed by atoms with Crippen LogP contribution in [0.15, 0.2) is 23.0 Å². The zero-order chi connectivity index (χ0) is 24.6. The molecular formula is C19H17F9N4O. The van der Waals surface area contributed by atoms with Gasteiger partial charge in [0.25, 0.3) is 5.56 Å². The van der Waals surface area contributed by atoms with Crippen LogP contribution < -0.4 is 10.9 Å². The summed E-state index contributed by atoms with van der Waals surface area (Å²) in [6.45, 7) is -0.305. The van der Waals surface area contributed by atoms with E-state index in [2.05, 4.69) is 10.2 Å². The molecule has 0 spiro atoms. The summed E-state index contributed by atoms with van der Waals surface area (Å²) in [6, 6.07) is 0.561. The lowest BCUT2D eigenvalue weighted by atomic mass is 9.89. The fraction of sp³-hybridized carbons (Fsp3) is 0.526. The minimum Gasteiger partial charge on any atom is -0.324 e. The largest absolute Gasteiger partial charge is 0.440 e. The van der Waals surface area contributed by atoms with Crippen LogP contribution >= 0.6 is 0 Å². The predicted molar refractivity (Wildman–Crippen MR) is 97.6 cm³/mol. The molecule has 0 saturated heterocycles. The molecule has 182 valence electrons. The van der Waals surface area contributed by atoms with Gasteiger partial charge in [-0.3, -0.25) is 9.36 Å². The summed E-state index contributed by atoms with van der Waals surface area (Å²) in [4.78, 5) is 12.5. The molecule has 1 aromatic carbocycles. The maximum Gasteiger partial charge on any atom is 0.440 e. The number of nitrogens with zero attached hydrogens (tertiary/aromatic N) is 3. The Morgan fingerprint density at radius 3 is 2.06 bits per heavy atom. The second-order valence-electron chi connectivity index (χ2n) is 7.67. The number of hydrogen-bond donors (Lipinski definition) is 1. The topological polar surface area (TPSA) is 59.8 Å². The average Bonchev–Trinajstić information content (AvgIpc) is 2.69. The number of hydrogen-bond acceptors (Lipinski definition) is 4. The van der Waals surface area contributed by atoms with Crippen LogP contribution in [-0.4, -0.2) is 14.8 Å². The molecule has 2 aromatic rings. The summed E-state index contributed by atoms with van der Waals surface area (Å²) in [7, 11) is 0. The monoisotopic (exact) mass is 488 g/mol. The Morgan fingerprint density at radius 1 is 0.879 bits per heavy atom. The smallest absolute Gasteiger partial charge is 0.324 e. The maximum atomic E-state index is 13.4. The maximum absolute atomic E-state index is 13.4. The van der Waals surface area contributed by atoms with Gasteiger partial charge in [-0.2, -0.15) is 39.5 Å². The van der Waals surface area contributed by atoms with Gasteiger partial charge in [-0.25, -0.2) is 0 Å². The van der Waals surface area contributed by atoms with Crippen LogP contribution in [0.5, 0.6) is 0 Å². The molecule has 0 atom stereocenters. The summed E-state index contributed by atoms with van der Waals surface area (Å²) in [5.74, 6) is -1.07. The zero-order valence-electron chi connectivity index (χ0n) is 16.7. The van der Waals surface area contributed by atoms with Gasteiger partial charge in [-0.15, -0.1) is 10.2 Å². The third-order valence-corrected chi connectivity index (χ3v) is 5.28. The van der Waals surface area contributed by atoms with Crippen molar-refractivity contribution in [2.75, 3.05) is 5.32 Å². The molecule has 1 aliphatic rings. The van der Waals surface area contributed by atoms with E-state index in [1.54, 1.807) is 0 Å². The minimum absolute atomic E-state index is 0.150.